The Kier molecular flexibility index (Phi) is 6.30. The molecule has 3 amide bonds. The van der Waals surface area contributed by atoms with E-state index in [2.05, 4.69) is 5.32 Å². The quantitative estimate of drug-likeness (QED) is 0.786. The summed E-state index contributed by atoms with van der Waals surface area (Å²) in [4.78, 5) is 37.7. The van der Waals surface area contributed by atoms with Crippen molar-refractivity contribution in [2.45, 2.75) is 27.2 Å². The molecule has 7 heteroatoms. The summed E-state index contributed by atoms with van der Waals surface area (Å²) in [5.41, 5.74) is 0.581. The molecule has 1 N–H and O–H groups in total. The van der Waals surface area contributed by atoms with Crippen molar-refractivity contribution in [1.82, 2.24) is 10.2 Å². The molecule has 0 unspecified atom stereocenters. The first-order valence-corrected chi connectivity index (χ1v) is 9.13. The van der Waals surface area contributed by atoms with Crippen LogP contribution >= 0.6 is 23.4 Å². The van der Waals surface area contributed by atoms with Crippen LogP contribution in [0.1, 0.15) is 32.8 Å². The van der Waals surface area contributed by atoms with Gasteiger partial charge in [-0.05, 0) is 34.9 Å². The highest BCUT2D eigenvalue weighted by molar-refractivity contribution is 8.18. The van der Waals surface area contributed by atoms with E-state index in [0.29, 0.717) is 21.9 Å². The molecule has 2 rings (SSSR count). The van der Waals surface area contributed by atoms with Crippen molar-refractivity contribution in [2.75, 3.05) is 13.1 Å². The van der Waals surface area contributed by atoms with Crippen LogP contribution in [0.25, 0.3) is 6.08 Å². The number of hydrogen-bond acceptors (Lipinski definition) is 4. The first-order valence-electron chi connectivity index (χ1n) is 7.94. The predicted molar refractivity (Wildman–Crippen MR) is 101 cm³/mol. The summed E-state index contributed by atoms with van der Waals surface area (Å²) < 4.78 is 0. The first-order chi connectivity index (χ1) is 11.7. The number of hydrogen-bond donors (Lipinski definition) is 1. The molecular formula is C18H21ClN2O3S. The standard InChI is InChI=1S/C18H21ClN2O3S/c1-18(2,3)11-15(22)20-8-9-21-16(23)14(25-17(21)24)10-12-6-4-5-7-13(12)19/h4-7,10H,8-9,11H2,1-3H3,(H,20,22)/b14-10-. The smallest absolute Gasteiger partial charge is 0.293 e. The van der Waals surface area contributed by atoms with Crippen molar-refractivity contribution in [3.8, 4) is 0 Å². The number of amides is 3. The van der Waals surface area contributed by atoms with Crippen molar-refractivity contribution >= 4 is 46.5 Å². The van der Waals surface area contributed by atoms with Gasteiger partial charge in [-0.25, -0.2) is 0 Å². The van der Waals surface area contributed by atoms with Gasteiger partial charge in [0.25, 0.3) is 11.1 Å². The lowest BCUT2D eigenvalue weighted by molar-refractivity contribution is -0.125. The number of carbonyl (C=O) groups is 3. The summed E-state index contributed by atoms with van der Waals surface area (Å²) in [6.07, 6.45) is 2.01. The zero-order valence-corrected chi connectivity index (χ0v) is 16.0. The predicted octanol–water partition coefficient (Wildman–Crippen LogP) is 3.93. The van der Waals surface area contributed by atoms with Crippen LogP contribution in [-0.4, -0.2) is 35.0 Å². The maximum Gasteiger partial charge on any atom is 0.293 e. The van der Waals surface area contributed by atoms with Crippen molar-refractivity contribution in [3.63, 3.8) is 0 Å². The second kappa shape index (κ2) is 8.06. The van der Waals surface area contributed by atoms with E-state index in [1.807, 2.05) is 26.8 Å². The van der Waals surface area contributed by atoms with Gasteiger partial charge in [-0.1, -0.05) is 50.6 Å². The van der Waals surface area contributed by atoms with Gasteiger partial charge in [0.2, 0.25) is 5.91 Å². The van der Waals surface area contributed by atoms with E-state index in [1.165, 1.54) is 0 Å². The number of nitrogens with one attached hydrogen (secondary N) is 1. The number of halogens is 1. The molecule has 1 aliphatic rings. The number of carbonyl (C=O) groups excluding carboxylic acids is 3. The summed E-state index contributed by atoms with van der Waals surface area (Å²) in [5.74, 6) is -0.453. The number of nitrogens with zero attached hydrogens (tertiary/aromatic N) is 1. The zero-order valence-electron chi connectivity index (χ0n) is 14.5. The van der Waals surface area contributed by atoms with Gasteiger partial charge < -0.3 is 5.32 Å². The minimum absolute atomic E-state index is 0.0916. The molecule has 1 saturated heterocycles. The third-order valence-electron chi connectivity index (χ3n) is 3.41. The number of benzene rings is 1. The summed E-state index contributed by atoms with van der Waals surface area (Å²) >= 11 is 6.96. The third kappa shape index (κ3) is 5.61. The Morgan fingerprint density at radius 3 is 2.60 bits per heavy atom. The van der Waals surface area contributed by atoms with Crippen LogP contribution < -0.4 is 5.32 Å². The van der Waals surface area contributed by atoms with E-state index >= 15 is 0 Å². The maximum absolute atomic E-state index is 12.4. The average molecular weight is 381 g/mol. The summed E-state index contributed by atoms with van der Waals surface area (Å²) in [5, 5.41) is 2.92. The van der Waals surface area contributed by atoms with Gasteiger partial charge in [0.1, 0.15) is 0 Å². The molecule has 0 spiro atoms. The molecule has 1 aliphatic heterocycles. The molecule has 0 bridgehead atoms. The van der Waals surface area contributed by atoms with Crippen LogP contribution in [0.2, 0.25) is 5.02 Å². The van der Waals surface area contributed by atoms with Gasteiger partial charge in [-0.15, -0.1) is 0 Å². The van der Waals surface area contributed by atoms with Gasteiger partial charge in [-0.2, -0.15) is 0 Å². The molecule has 0 radical (unpaired) electrons. The van der Waals surface area contributed by atoms with Crippen LogP contribution in [0.4, 0.5) is 4.79 Å². The van der Waals surface area contributed by atoms with E-state index in [9.17, 15) is 14.4 Å². The van der Waals surface area contributed by atoms with E-state index < -0.39 is 0 Å². The van der Waals surface area contributed by atoms with Gasteiger partial charge in [0, 0.05) is 24.5 Å². The highest BCUT2D eigenvalue weighted by Gasteiger charge is 2.34. The highest BCUT2D eigenvalue weighted by Crippen LogP contribution is 2.33. The Hall–Kier alpha value is -1.79. The number of thioether (sulfide) groups is 1. The van der Waals surface area contributed by atoms with E-state index in [0.717, 1.165) is 16.7 Å². The minimum atomic E-state index is -0.361. The topological polar surface area (TPSA) is 66.5 Å². The molecule has 5 nitrogen and oxygen atoms in total. The normalized spacial score (nSPS) is 16.6. The Labute approximate surface area is 156 Å². The summed E-state index contributed by atoms with van der Waals surface area (Å²) in [6.45, 7) is 6.32. The average Bonchev–Trinajstić information content (AvgIpc) is 2.75. The second-order valence-corrected chi connectivity index (χ2v) is 8.34. The lowest BCUT2D eigenvalue weighted by Gasteiger charge is -2.18. The molecule has 1 aromatic rings. The molecule has 25 heavy (non-hydrogen) atoms. The monoisotopic (exact) mass is 380 g/mol. The van der Waals surface area contributed by atoms with Crippen molar-refractivity contribution in [1.29, 1.82) is 0 Å². The Bertz CT molecular complexity index is 725. The van der Waals surface area contributed by atoms with Gasteiger partial charge in [-0.3, -0.25) is 19.3 Å². The molecule has 0 aliphatic carbocycles. The van der Waals surface area contributed by atoms with Crippen molar-refractivity contribution in [2.24, 2.45) is 5.41 Å². The fourth-order valence-electron chi connectivity index (χ4n) is 2.28. The Balaban J connectivity index is 1.95. The van der Waals surface area contributed by atoms with Crippen LogP contribution in [0, 0.1) is 5.41 Å². The fourth-order valence-corrected chi connectivity index (χ4v) is 3.32. The van der Waals surface area contributed by atoms with Gasteiger partial charge in [0.15, 0.2) is 0 Å². The summed E-state index contributed by atoms with van der Waals surface area (Å²) in [7, 11) is 0. The van der Waals surface area contributed by atoms with Gasteiger partial charge >= 0.3 is 0 Å². The number of rotatable bonds is 5. The van der Waals surface area contributed by atoms with Crippen LogP contribution in [0.3, 0.4) is 0 Å². The molecule has 0 atom stereocenters. The largest absolute Gasteiger partial charge is 0.354 e. The molecule has 134 valence electrons. The Morgan fingerprint density at radius 1 is 1.28 bits per heavy atom. The van der Waals surface area contributed by atoms with Crippen LogP contribution in [0.5, 0.6) is 0 Å². The molecular weight excluding hydrogens is 360 g/mol. The third-order valence-corrected chi connectivity index (χ3v) is 4.67. The molecule has 1 aromatic carbocycles. The second-order valence-electron chi connectivity index (χ2n) is 6.94. The summed E-state index contributed by atoms with van der Waals surface area (Å²) in [6, 6.07) is 7.11. The lowest BCUT2D eigenvalue weighted by atomic mass is 9.92. The van der Waals surface area contributed by atoms with Gasteiger partial charge in [0.05, 0.1) is 4.91 Å². The SMILES string of the molecule is CC(C)(C)CC(=O)NCCN1C(=O)S/C(=C\c2ccccc2Cl)C1=O. The fraction of sp³-hybridized carbons (Fsp3) is 0.389. The van der Waals surface area contributed by atoms with Crippen molar-refractivity contribution in [3.05, 3.63) is 39.8 Å². The highest BCUT2D eigenvalue weighted by atomic mass is 35.5. The molecule has 0 saturated carbocycles. The lowest BCUT2D eigenvalue weighted by Crippen LogP contribution is -2.38. The van der Waals surface area contributed by atoms with Crippen molar-refractivity contribution < 1.29 is 14.4 Å². The molecule has 0 aromatic heterocycles. The molecule has 1 heterocycles. The van der Waals surface area contributed by atoms with Crippen LogP contribution in [-0.2, 0) is 9.59 Å². The van der Waals surface area contributed by atoms with E-state index in [1.54, 1.807) is 24.3 Å². The Morgan fingerprint density at radius 2 is 1.96 bits per heavy atom. The first kappa shape index (κ1) is 19.5. The zero-order chi connectivity index (χ0) is 18.6. The molecule has 1 fully saturated rings. The minimum Gasteiger partial charge on any atom is -0.354 e. The van der Waals surface area contributed by atoms with Crippen LogP contribution in [0.15, 0.2) is 29.2 Å². The maximum atomic E-state index is 12.4. The number of imide groups is 1. The van der Waals surface area contributed by atoms with E-state index in [-0.39, 0.29) is 35.6 Å². The van der Waals surface area contributed by atoms with E-state index in [4.69, 9.17) is 11.6 Å².